The van der Waals surface area contributed by atoms with Crippen LogP contribution < -0.4 is 5.32 Å². The van der Waals surface area contributed by atoms with E-state index in [2.05, 4.69) is 42.1 Å². The Hall–Kier alpha value is -0.380. The molecule has 0 spiro atoms. The monoisotopic (exact) mass is 265 g/mol. The van der Waals surface area contributed by atoms with Crippen molar-refractivity contribution in [3.05, 3.63) is 11.6 Å². The molecule has 110 valence electrons. The van der Waals surface area contributed by atoms with Crippen LogP contribution in [0.3, 0.4) is 0 Å². The summed E-state index contributed by atoms with van der Waals surface area (Å²) < 4.78 is 0. The number of hydrogen-bond donors (Lipinski definition) is 1. The molecule has 0 bridgehead atoms. The standard InChI is InChI=1S/C16H31N3/c1-14(2)6-10-19-11-7-15(8-12-19)17-9-13-18(3)16-4-5-16/h6,15-17H,4-5,7-13H2,1-3H3. The first kappa shape index (κ1) is 15.0. The lowest BCUT2D eigenvalue weighted by Gasteiger charge is -2.32. The highest BCUT2D eigenvalue weighted by molar-refractivity contribution is 4.95. The Bertz CT molecular complexity index is 284. The molecule has 2 aliphatic rings. The second kappa shape index (κ2) is 7.41. The van der Waals surface area contributed by atoms with Crippen molar-refractivity contribution in [1.29, 1.82) is 0 Å². The number of hydrogen-bond acceptors (Lipinski definition) is 3. The molecule has 0 aromatic carbocycles. The Morgan fingerprint density at radius 3 is 2.47 bits per heavy atom. The number of piperidine rings is 1. The van der Waals surface area contributed by atoms with Crippen molar-refractivity contribution in [3.8, 4) is 0 Å². The van der Waals surface area contributed by atoms with Crippen LogP contribution in [0.25, 0.3) is 0 Å². The van der Waals surface area contributed by atoms with Gasteiger partial charge in [-0.3, -0.25) is 4.90 Å². The Kier molecular flexibility index (Phi) is 5.86. The van der Waals surface area contributed by atoms with E-state index in [-0.39, 0.29) is 0 Å². The van der Waals surface area contributed by atoms with Gasteiger partial charge >= 0.3 is 0 Å². The van der Waals surface area contributed by atoms with Crippen LogP contribution in [-0.2, 0) is 0 Å². The van der Waals surface area contributed by atoms with Gasteiger partial charge in [0.2, 0.25) is 0 Å². The molecule has 2 rings (SSSR count). The number of nitrogens with one attached hydrogen (secondary N) is 1. The highest BCUT2D eigenvalue weighted by Crippen LogP contribution is 2.24. The normalized spacial score (nSPS) is 21.9. The van der Waals surface area contributed by atoms with E-state index in [1.54, 1.807) is 0 Å². The molecule has 0 aromatic rings. The summed E-state index contributed by atoms with van der Waals surface area (Å²) in [6.07, 6.45) is 7.80. The molecule has 1 aliphatic heterocycles. The van der Waals surface area contributed by atoms with E-state index in [9.17, 15) is 0 Å². The molecule has 1 aliphatic carbocycles. The summed E-state index contributed by atoms with van der Waals surface area (Å²) in [4.78, 5) is 5.08. The molecule has 1 heterocycles. The minimum absolute atomic E-state index is 0.746. The highest BCUT2D eigenvalue weighted by atomic mass is 15.2. The number of rotatable bonds is 7. The lowest BCUT2D eigenvalue weighted by molar-refractivity contribution is 0.210. The SMILES string of the molecule is CC(C)=CCN1CCC(NCCN(C)C2CC2)CC1. The van der Waals surface area contributed by atoms with E-state index in [1.807, 2.05) is 0 Å². The third-order valence-corrected chi connectivity index (χ3v) is 4.41. The molecule has 3 heteroatoms. The molecule has 2 fully saturated rings. The fourth-order valence-electron chi connectivity index (χ4n) is 2.77. The summed E-state index contributed by atoms with van der Waals surface area (Å²) in [6, 6.07) is 1.64. The van der Waals surface area contributed by atoms with Gasteiger partial charge in [-0.15, -0.1) is 0 Å². The second-order valence-electron chi connectivity index (χ2n) is 6.52. The van der Waals surface area contributed by atoms with Crippen molar-refractivity contribution < 1.29 is 0 Å². The average Bonchev–Trinajstić information content (AvgIpc) is 3.22. The van der Waals surface area contributed by atoms with Crippen LogP contribution in [0.1, 0.15) is 39.5 Å². The van der Waals surface area contributed by atoms with Crippen molar-refractivity contribution in [2.24, 2.45) is 0 Å². The maximum atomic E-state index is 3.74. The van der Waals surface area contributed by atoms with Crippen LogP contribution in [0.15, 0.2) is 11.6 Å². The summed E-state index contributed by atoms with van der Waals surface area (Å²) in [7, 11) is 2.27. The van der Waals surface area contributed by atoms with Crippen LogP contribution >= 0.6 is 0 Å². The van der Waals surface area contributed by atoms with E-state index in [0.717, 1.165) is 25.2 Å². The molecule has 3 nitrogen and oxygen atoms in total. The molecule has 0 atom stereocenters. The number of likely N-dealkylation sites (N-methyl/N-ethyl adjacent to an activating group) is 1. The number of allylic oxidation sites excluding steroid dienone is 1. The lowest BCUT2D eigenvalue weighted by atomic mass is 10.0. The van der Waals surface area contributed by atoms with Crippen LogP contribution in [0, 0.1) is 0 Å². The van der Waals surface area contributed by atoms with Gasteiger partial charge in [0.1, 0.15) is 0 Å². The smallest absolute Gasteiger partial charge is 0.0165 e. The van der Waals surface area contributed by atoms with Gasteiger partial charge in [0, 0.05) is 31.7 Å². The van der Waals surface area contributed by atoms with E-state index >= 15 is 0 Å². The summed E-state index contributed by atoms with van der Waals surface area (Å²) >= 11 is 0. The summed E-state index contributed by atoms with van der Waals surface area (Å²) in [6.45, 7) is 10.4. The molecule has 0 unspecified atom stereocenters. The largest absolute Gasteiger partial charge is 0.313 e. The van der Waals surface area contributed by atoms with Gasteiger partial charge in [-0.25, -0.2) is 0 Å². The third kappa shape index (κ3) is 5.64. The second-order valence-corrected chi connectivity index (χ2v) is 6.52. The van der Waals surface area contributed by atoms with E-state index in [1.165, 1.54) is 50.9 Å². The van der Waals surface area contributed by atoms with Crippen molar-refractivity contribution in [2.45, 2.75) is 51.6 Å². The molecule has 1 saturated heterocycles. The molecular weight excluding hydrogens is 234 g/mol. The molecule has 0 amide bonds. The van der Waals surface area contributed by atoms with Crippen molar-refractivity contribution in [2.75, 3.05) is 39.8 Å². The van der Waals surface area contributed by atoms with Crippen LogP contribution in [0.4, 0.5) is 0 Å². The van der Waals surface area contributed by atoms with Gasteiger partial charge < -0.3 is 10.2 Å². The topological polar surface area (TPSA) is 18.5 Å². The Balaban J connectivity index is 1.54. The van der Waals surface area contributed by atoms with Gasteiger partial charge in [-0.1, -0.05) is 11.6 Å². The van der Waals surface area contributed by atoms with Crippen molar-refractivity contribution >= 4 is 0 Å². The highest BCUT2D eigenvalue weighted by Gasteiger charge is 2.25. The van der Waals surface area contributed by atoms with E-state index in [4.69, 9.17) is 0 Å². The molecular formula is C16H31N3. The molecule has 1 saturated carbocycles. The van der Waals surface area contributed by atoms with Gasteiger partial charge in [-0.05, 0) is 59.7 Å². The quantitative estimate of drug-likeness (QED) is 0.711. The first-order chi connectivity index (χ1) is 9.15. The predicted octanol–water partition coefficient (Wildman–Crippen LogP) is 2.10. The van der Waals surface area contributed by atoms with Crippen LogP contribution in [0.2, 0.25) is 0 Å². The fourth-order valence-corrected chi connectivity index (χ4v) is 2.77. The zero-order valence-electron chi connectivity index (χ0n) is 13.0. The first-order valence-electron chi connectivity index (χ1n) is 7.94. The Labute approximate surface area is 119 Å². The number of likely N-dealkylation sites (tertiary alicyclic amines) is 1. The summed E-state index contributed by atoms with van der Waals surface area (Å²) in [5, 5.41) is 3.74. The maximum absolute atomic E-state index is 3.74. The minimum Gasteiger partial charge on any atom is -0.313 e. The fraction of sp³-hybridized carbons (Fsp3) is 0.875. The minimum atomic E-state index is 0.746. The summed E-state index contributed by atoms with van der Waals surface area (Å²) in [5.41, 5.74) is 1.43. The predicted molar refractivity (Wildman–Crippen MR) is 82.5 cm³/mol. The Morgan fingerprint density at radius 1 is 1.21 bits per heavy atom. The van der Waals surface area contributed by atoms with Gasteiger partial charge in [0.15, 0.2) is 0 Å². The van der Waals surface area contributed by atoms with Gasteiger partial charge in [0.25, 0.3) is 0 Å². The van der Waals surface area contributed by atoms with Crippen molar-refractivity contribution in [1.82, 2.24) is 15.1 Å². The van der Waals surface area contributed by atoms with E-state index < -0.39 is 0 Å². The summed E-state index contributed by atoms with van der Waals surface area (Å²) in [5.74, 6) is 0. The third-order valence-electron chi connectivity index (χ3n) is 4.41. The molecule has 0 aromatic heterocycles. The zero-order valence-corrected chi connectivity index (χ0v) is 13.0. The average molecular weight is 265 g/mol. The molecule has 1 N–H and O–H groups in total. The molecule has 19 heavy (non-hydrogen) atoms. The van der Waals surface area contributed by atoms with Gasteiger partial charge in [-0.2, -0.15) is 0 Å². The lowest BCUT2D eigenvalue weighted by Crippen LogP contribution is -2.44. The van der Waals surface area contributed by atoms with Crippen molar-refractivity contribution in [3.63, 3.8) is 0 Å². The first-order valence-corrected chi connectivity index (χ1v) is 7.94. The van der Waals surface area contributed by atoms with Crippen LogP contribution in [0.5, 0.6) is 0 Å². The Morgan fingerprint density at radius 2 is 1.89 bits per heavy atom. The maximum Gasteiger partial charge on any atom is 0.0165 e. The number of nitrogens with zero attached hydrogens (tertiary/aromatic N) is 2. The van der Waals surface area contributed by atoms with Crippen LogP contribution in [-0.4, -0.2) is 61.7 Å². The zero-order chi connectivity index (χ0) is 13.7. The van der Waals surface area contributed by atoms with Gasteiger partial charge in [0.05, 0.1) is 0 Å². The molecule has 0 radical (unpaired) electrons. The van der Waals surface area contributed by atoms with E-state index in [0.29, 0.717) is 0 Å².